The Labute approximate surface area is 203 Å². The standard InChI is InChI=1S/C27H31N5O3/c1-19(2)13-14-30-18-29-25-24(30)26(34)32(27(35)31(25)16-22-7-5-4-6-8-22)17-23(33)28-15-21-11-9-20(3)10-12-21/h4-12,18-19H,13-17H2,1-3H3,(H,28,33). The molecule has 8 heteroatoms. The SMILES string of the molecule is Cc1ccc(CNC(=O)Cn2c(=O)c3c(ncn3CCC(C)C)n(Cc3ccccc3)c2=O)cc1. The van der Waals surface area contributed by atoms with Crippen molar-refractivity contribution in [2.75, 3.05) is 0 Å². The van der Waals surface area contributed by atoms with Crippen molar-refractivity contribution in [1.29, 1.82) is 0 Å². The molecule has 35 heavy (non-hydrogen) atoms. The summed E-state index contributed by atoms with van der Waals surface area (Å²) in [5.74, 6) is 0.0427. The first-order valence-corrected chi connectivity index (χ1v) is 11.9. The number of aryl methyl sites for hydroxylation is 2. The number of nitrogens with zero attached hydrogens (tertiary/aromatic N) is 4. The Bertz CT molecular complexity index is 1430. The molecule has 8 nitrogen and oxygen atoms in total. The van der Waals surface area contributed by atoms with Crippen molar-refractivity contribution in [3.8, 4) is 0 Å². The van der Waals surface area contributed by atoms with Gasteiger partial charge in [0.25, 0.3) is 5.56 Å². The van der Waals surface area contributed by atoms with E-state index in [1.807, 2.05) is 61.5 Å². The minimum absolute atomic E-state index is 0.253. The van der Waals surface area contributed by atoms with E-state index in [-0.39, 0.29) is 13.1 Å². The summed E-state index contributed by atoms with van der Waals surface area (Å²) in [6.07, 6.45) is 2.47. The normalized spacial score (nSPS) is 11.3. The predicted octanol–water partition coefficient (Wildman–Crippen LogP) is 3.08. The second-order valence-electron chi connectivity index (χ2n) is 9.30. The second-order valence-corrected chi connectivity index (χ2v) is 9.30. The van der Waals surface area contributed by atoms with E-state index in [9.17, 15) is 14.4 Å². The van der Waals surface area contributed by atoms with Gasteiger partial charge in [-0.2, -0.15) is 0 Å². The molecule has 0 unspecified atom stereocenters. The number of hydrogen-bond acceptors (Lipinski definition) is 4. The average Bonchev–Trinajstić information content (AvgIpc) is 3.27. The van der Waals surface area contributed by atoms with Gasteiger partial charge < -0.3 is 9.88 Å². The van der Waals surface area contributed by atoms with Gasteiger partial charge in [0.1, 0.15) is 6.54 Å². The largest absolute Gasteiger partial charge is 0.350 e. The van der Waals surface area contributed by atoms with Crippen LogP contribution in [-0.4, -0.2) is 24.6 Å². The van der Waals surface area contributed by atoms with E-state index in [0.717, 1.165) is 27.7 Å². The van der Waals surface area contributed by atoms with E-state index in [1.165, 1.54) is 4.57 Å². The van der Waals surface area contributed by atoms with Crippen LogP contribution in [0.25, 0.3) is 11.2 Å². The third kappa shape index (κ3) is 5.59. The van der Waals surface area contributed by atoms with Gasteiger partial charge in [0.15, 0.2) is 11.2 Å². The van der Waals surface area contributed by atoms with Crippen molar-refractivity contribution in [1.82, 2.24) is 24.0 Å². The zero-order chi connectivity index (χ0) is 24.9. The van der Waals surface area contributed by atoms with Crippen LogP contribution in [0.4, 0.5) is 0 Å². The molecule has 0 bridgehead atoms. The van der Waals surface area contributed by atoms with Gasteiger partial charge in [0.2, 0.25) is 5.91 Å². The summed E-state index contributed by atoms with van der Waals surface area (Å²) in [7, 11) is 0. The maximum absolute atomic E-state index is 13.4. The van der Waals surface area contributed by atoms with Crippen LogP contribution >= 0.6 is 0 Å². The number of amides is 1. The summed E-state index contributed by atoms with van der Waals surface area (Å²) < 4.78 is 4.29. The smallest absolute Gasteiger partial charge is 0.333 e. The molecule has 2 aromatic carbocycles. The Balaban J connectivity index is 1.70. The van der Waals surface area contributed by atoms with Gasteiger partial charge in [-0.15, -0.1) is 0 Å². The predicted molar refractivity (Wildman–Crippen MR) is 136 cm³/mol. The highest BCUT2D eigenvalue weighted by Gasteiger charge is 2.20. The molecule has 1 amide bonds. The zero-order valence-corrected chi connectivity index (χ0v) is 20.4. The Hall–Kier alpha value is -3.94. The van der Waals surface area contributed by atoms with Crippen molar-refractivity contribution in [3.05, 3.63) is 98.5 Å². The van der Waals surface area contributed by atoms with E-state index < -0.39 is 17.2 Å². The highest BCUT2D eigenvalue weighted by Crippen LogP contribution is 2.12. The minimum atomic E-state index is -0.550. The molecule has 4 rings (SSSR count). The number of rotatable bonds is 9. The number of hydrogen-bond donors (Lipinski definition) is 1. The Kier molecular flexibility index (Phi) is 7.29. The van der Waals surface area contributed by atoms with E-state index >= 15 is 0 Å². The molecule has 1 N–H and O–H groups in total. The molecule has 0 aliphatic rings. The van der Waals surface area contributed by atoms with E-state index in [4.69, 9.17) is 0 Å². The Morgan fingerprint density at radius 3 is 2.37 bits per heavy atom. The molecule has 0 saturated heterocycles. The molecule has 0 aliphatic heterocycles. The van der Waals surface area contributed by atoms with Crippen molar-refractivity contribution < 1.29 is 4.79 Å². The van der Waals surface area contributed by atoms with E-state index in [0.29, 0.717) is 30.2 Å². The van der Waals surface area contributed by atoms with Crippen LogP contribution < -0.4 is 16.6 Å². The quantitative estimate of drug-likeness (QED) is 0.405. The fourth-order valence-electron chi connectivity index (χ4n) is 3.96. The van der Waals surface area contributed by atoms with Gasteiger partial charge >= 0.3 is 5.69 Å². The molecule has 0 aliphatic carbocycles. The lowest BCUT2D eigenvalue weighted by molar-refractivity contribution is -0.121. The van der Waals surface area contributed by atoms with Crippen molar-refractivity contribution in [2.45, 2.75) is 53.4 Å². The summed E-state index contributed by atoms with van der Waals surface area (Å²) in [6.45, 7) is 7.04. The molecule has 2 heterocycles. The van der Waals surface area contributed by atoms with Crippen LogP contribution in [-0.2, 0) is 31.0 Å². The molecule has 0 spiro atoms. The molecule has 0 fully saturated rings. The topological polar surface area (TPSA) is 90.9 Å². The van der Waals surface area contributed by atoms with E-state index in [2.05, 4.69) is 24.1 Å². The first kappa shape index (κ1) is 24.2. The number of fused-ring (bicyclic) bond motifs is 1. The number of imidazole rings is 1. The molecule has 182 valence electrons. The summed E-state index contributed by atoms with van der Waals surface area (Å²) in [5.41, 5.74) is 2.61. The van der Waals surface area contributed by atoms with Gasteiger partial charge in [-0.05, 0) is 30.4 Å². The van der Waals surface area contributed by atoms with Crippen LogP contribution in [0.15, 0.2) is 70.5 Å². The lowest BCUT2D eigenvalue weighted by Crippen LogP contribution is -2.44. The number of nitrogens with one attached hydrogen (secondary N) is 1. The van der Waals surface area contributed by atoms with Crippen LogP contribution in [0.3, 0.4) is 0 Å². The molecule has 2 aromatic heterocycles. The minimum Gasteiger partial charge on any atom is -0.350 e. The summed E-state index contributed by atoms with van der Waals surface area (Å²) >= 11 is 0. The highest BCUT2D eigenvalue weighted by molar-refractivity contribution is 5.76. The van der Waals surface area contributed by atoms with Crippen molar-refractivity contribution >= 4 is 17.1 Å². The van der Waals surface area contributed by atoms with Gasteiger partial charge in [-0.25, -0.2) is 14.3 Å². The number of carbonyl (C=O) groups excluding carboxylic acids is 1. The lowest BCUT2D eigenvalue weighted by atomic mass is 10.1. The van der Waals surface area contributed by atoms with Gasteiger partial charge in [0.05, 0.1) is 12.9 Å². The van der Waals surface area contributed by atoms with E-state index in [1.54, 1.807) is 10.9 Å². The first-order valence-electron chi connectivity index (χ1n) is 11.9. The molecule has 0 radical (unpaired) electrons. The highest BCUT2D eigenvalue weighted by atomic mass is 16.2. The Morgan fingerprint density at radius 1 is 0.971 bits per heavy atom. The Morgan fingerprint density at radius 2 is 1.69 bits per heavy atom. The molecular formula is C27H31N5O3. The maximum atomic E-state index is 13.4. The number of carbonyl (C=O) groups is 1. The van der Waals surface area contributed by atoms with Gasteiger partial charge in [0, 0.05) is 13.1 Å². The molecular weight excluding hydrogens is 442 g/mol. The third-order valence-electron chi connectivity index (χ3n) is 6.03. The van der Waals surface area contributed by atoms with Gasteiger partial charge in [-0.1, -0.05) is 74.0 Å². The van der Waals surface area contributed by atoms with Crippen molar-refractivity contribution in [2.24, 2.45) is 5.92 Å². The van der Waals surface area contributed by atoms with Crippen LogP contribution in [0.1, 0.15) is 37.0 Å². The third-order valence-corrected chi connectivity index (χ3v) is 6.03. The summed E-state index contributed by atoms with van der Waals surface area (Å²) in [4.78, 5) is 44.1. The van der Waals surface area contributed by atoms with Crippen LogP contribution in [0, 0.1) is 12.8 Å². The van der Waals surface area contributed by atoms with Crippen molar-refractivity contribution in [3.63, 3.8) is 0 Å². The maximum Gasteiger partial charge on any atom is 0.333 e. The average molecular weight is 474 g/mol. The summed E-state index contributed by atoms with van der Waals surface area (Å²) in [5, 5.41) is 2.82. The monoisotopic (exact) mass is 473 g/mol. The summed E-state index contributed by atoms with van der Waals surface area (Å²) in [6, 6.07) is 17.3. The second kappa shape index (κ2) is 10.5. The number of aromatic nitrogens is 4. The molecule has 0 atom stereocenters. The molecule has 0 saturated carbocycles. The fraction of sp³-hybridized carbons (Fsp3) is 0.333. The van der Waals surface area contributed by atoms with Gasteiger partial charge in [-0.3, -0.25) is 14.2 Å². The van der Waals surface area contributed by atoms with Crippen LogP contribution in [0.2, 0.25) is 0 Å². The number of benzene rings is 2. The zero-order valence-electron chi connectivity index (χ0n) is 20.4. The molecule has 4 aromatic rings. The fourth-order valence-corrected chi connectivity index (χ4v) is 3.96. The lowest BCUT2D eigenvalue weighted by Gasteiger charge is -2.13. The first-order chi connectivity index (χ1) is 16.8. The van der Waals surface area contributed by atoms with Crippen LogP contribution in [0.5, 0.6) is 0 Å².